The molecule has 0 aliphatic heterocycles. The molecule has 5 nitrogen and oxygen atoms in total. The number of amides is 1. The van der Waals surface area contributed by atoms with E-state index in [1.165, 1.54) is 19.3 Å². The van der Waals surface area contributed by atoms with Crippen LogP contribution in [0, 0.1) is 24.7 Å². The lowest BCUT2D eigenvalue weighted by Crippen LogP contribution is -2.59. The highest BCUT2D eigenvalue weighted by atomic mass is 16.5. The van der Waals surface area contributed by atoms with Gasteiger partial charge in [-0.1, -0.05) is 19.0 Å². The molecule has 2 heterocycles. The van der Waals surface area contributed by atoms with Gasteiger partial charge >= 0.3 is 0 Å². The maximum Gasteiger partial charge on any atom is 0.259 e. The van der Waals surface area contributed by atoms with Crippen molar-refractivity contribution < 1.29 is 9.32 Å². The minimum Gasteiger partial charge on any atom is -0.347 e. The van der Waals surface area contributed by atoms with E-state index in [0.717, 1.165) is 53.8 Å². The fourth-order valence-electron chi connectivity index (χ4n) is 6.16. The molecule has 0 unspecified atom stereocenters. The number of carbonyl (C=O) groups excluding carboxylic acids is 1. The number of aryl methyl sites for hydroxylation is 1. The van der Waals surface area contributed by atoms with Crippen molar-refractivity contribution in [3.05, 3.63) is 23.0 Å². The minimum atomic E-state index is 0.00445. The fraction of sp³-hybridized carbons (Fsp3) is 0.667. The number of aromatic nitrogens is 2. The highest BCUT2D eigenvalue weighted by molar-refractivity contribution is 6.06. The van der Waals surface area contributed by atoms with Gasteiger partial charge in [0.05, 0.1) is 16.6 Å². The molecule has 4 fully saturated rings. The average Bonchev–Trinajstić information content (AvgIpc) is 2.93. The molecule has 2 aromatic rings. The molecular weight excluding hydrogens is 326 g/mol. The number of hydrogen-bond acceptors (Lipinski definition) is 4. The predicted octanol–water partition coefficient (Wildman–Crippen LogP) is 4.35. The Hall–Kier alpha value is -1.91. The molecule has 0 atom stereocenters. The third-order valence-electron chi connectivity index (χ3n) is 6.89. The molecule has 4 aliphatic rings. The van der Waals surface area contributed by atoms with Crippen LogP contribution in [0.1, 0.15) is 80.0 Å². The summed E-state index contributed by atoms with van der Waals surface area (Å²) in [5.41, 5.74) is 2.77. The quantitative estimate of drug-likeness (QED) is 0.890. The SMILES string of the molecule is Cc1noc2nc(C(C)C)cc(C(=O)NC34CC5CC(CC(C5)C3)C4)c12. The zero-order valence-electron chi connectivity index (χ0n) is 15.8. The minimum absolute atomic E-state index is 0.00445. The molecule has 1 N–H and O–H groups in total. The normalized spacial score (nSPS) is 32.5. The molecule has 0 aromatic carbocycles. The van der Waals surface area contributed by atoms with E-state index in [2.05, 4.69) is 29.3 Å². The molecule has 0 spiro atoms. The van der Waals surface area contributed by atoms with Crippen molar-refractivity contribution in [2.24, 2.45) is 17.8 Å². The van der Waals surface area contributed by atoms with E-state index < -0.39 is 0 Å². The summed E-state index contributed by atoms with van der Waals surface area (Å²) in [5, 5.41) is 8.29. The Balaban J connectivity index is 1.52. The van der Waals surface area contributed by atoms with Gasteiger partial charge in [-0.05, 0) is 75.2 Å². The van der Waals surface area contributed by atoms with Crippen molar-refractivity contribution in [3.63, 3.8) is 0 Å². The Morgan fingerprint density at radius 2 is 1.81 bits per heavy atom. The summed E-state index contributed by atoms with van der Waals surface area (Å²) in [7, 11) is 0. The third-order valence-corrected chi connectivity index (χ3v) is 6.89. The van der Waals surface area contributed by atoms with Crippen molar-refractivity contribution in [2.75, 3.05) is 0 Å². The molecule has 4 saturated carbocycles. The molecule has 0 saturated heterocycles. The van der Waals surface area contributed by atoms with Crippen LogP contribution >= 0.6 is 0 Å². The van der Waals surface area contributed by atoms with Gasteiger partial charge < -0.3 is 9.84 Å². The van der Waals surface area contributed by atoms with Gasteiger partial charge in [0.1, 0.15) is 0 Å². The second-order valence-electron chi connectivity index (χ2n) is 9.35. The Bertz CT molecular complexity index is 847. The topological polar surface area (TPSA) is 68.0 Å². The molecule has 5 heteroatoms. The Labute approximate surface area is 153 Å². The van der Waals surface area contributed by atoms with E-state index in [1.807, 2.05) is 13.0 Å². The van der Waals surface area contributed by atoms with Gasteiger partial charge in [0, 0.05) is 11.2 Å². The van der Waals surface area contributed by atoms with Gasteiger partial charge in [-0.3, -0.25) is 4.79 Å². The first kappa shape index (κ1) is 16.3. The summed E-state index contributed by atoms with van der Waals surface area (Å²) in [5.74, 6) is 2.68. The van der Waals surface area contributed by atoms with Crippen LogP contribution in [0.2, 0.25) is 0 Å². The second-order valence-corrected chi connectivity index (χ2v) is 9.35. The van der Waals surface area contributed by atoms with Crippen LogP contribution in [-0.4, -0.2) is 21.6 Å². The molecule has 0 radical (unpaired) electrons. The van der Waals surface area contributed by atoms with Crippen LogP contribution < -0.4 is 5.32 Å². The van der Waals surface area contributed by atoms with Crippen molar-refractivity contribution in [3.8, 4) is 0 Å². The number of fused-ring (bicyclic) bond motifs is 1. The first-order valence-corrected chi connectivity index (χ1v) is 10.0. The number of nitrogens with zero attached hydrogens (tertiary/aromatic N) is 2. The van der Waals surface area contributed by atoms with Gasteiger partial charge in [-0.2, -0.15) is 0 Å². The van der Waals surface area contributed by atoms with Crippen LogP contribution in [0.15, 0.2) is 10.6 Å². The Kier molecular flexibility index (Phi) is 3.47. The molecule has 6 rings (SSSR count). The first-order chi connectivity index (χ1) is 12.4. The van der Waals surface area contributed by atoms with Crippen LogP contribution in [0.4, 0.5) is 0 Å². The zero-order chi connectivity index (χ0) is 18.1. The van der Waals surface area contributed by atoms with Crippen molar-refractivity contribution >= 4 is 17.0 Å². The maximum absolute atomic E-state index is 13.4. The first-order valence-electron chi connectivity index (χ1n) is 10.0. The standard InChI is InChI=1S/C21H27N3O2/c1-11(2)17-7-16(18-12(3)24-26-20(18)22-17)19(25)23-21-8-13-4-14(9-21)6-15(5-13)10-21/h7,11,13-15H,4-6,8-10H2,1-3H3,(H,23,25). The molecular formula is C21H27N3O2. The summed E-state index contributed by atoms with van der Waals surface area (Å²) in [6, 6.07) is 1.94. The highest BCUT2D eigenvalue weighted by Gasteiger charge is 2.51. The van der Waals surface area contributed by atoms with E-state index in [-0.39, 0.29) is 17.4 Å². The molecule has 138 valence electrons. The molecule has 1 amide bonds. The molecule has 2 aromatic heterocycles. The Morgan fingerprint density at radius 1 is 1.19 bits per heavy atom. The monoisotopic (exact) mass is 353 g/mol. The lowest BCUT2D eigenvalue weighted by atomic mass is 9.53. The highest BCUT2D eigenvalue weighted by Crippen LogP contribution is 2.55. The number of hydrogen-bond donors (Lipinski definition) is 1. The van der Waals surface area contributed by atoms with E-state index in [9.17, 15) is 4.79 Å². The Morgan fingerprint density at radius 3 is 2.38 bits per heavy atom. The van der Waals surface area contributed by atoms with E-state index in [0.29, 0.717) is 11.3 Å². The van der Waals surface area contributed by atoms with Gasteiger partial charge in [-0.25, -0.2) is 4.98 Å². The number of nitrogens with one attached hydrogen (secondary N) is 1. The molecule has 26 heavy (non-hydrogen) atoms. The summed E-state index contributed by atoms with van der Waals surface area (Å²) in [4.78, 5) is 17.9. The number of rotatable bonds is 3. The largest absolute Gasteiger partial charge is 0.347 e. The smallest absolute Gasteiger partial charge is 0.259 e. The van der Waals surface area contributed by atoms with Crippen LogP contribution in [0.25, 0.3) is 11.1 Å². The van der Waals surface area contributed by atoms with Gasteiger partial charge in [0.15, 0.2) is 0 Å². The average molecular weight is 353 g/mol. The van der Waals surface area contributed by atoms with Crippen molar-refractivity contribution in [1.82, 2.24) is 15.5 Å². The number of carbonyl (C=O) groups is 1. The fourth-order valence-corrected chi connectivity index (χ4v) is 6.16. The molecule has 4 bridgehead atoms. The lowest BCUT2D eigenvalue weighted by Gasteiger charge is -2.56. The van der Waals surface area contributed by atoms with Gasteiger partial charge in [0.2, 0.25) is 0 Å². The number of pyridine rings is 1. The summed E-state index contributed by atoms with van der Waals surface area (Å²) in [6.07, 6.45) is 7.57. The molecule has 4 aliphatic carbocycles. The van der Waals surface area contributed by atoms with Crippen molar-refractivity contribution in [1.29, 1.82) is 0 Å². The second kappa shape index (κ2) is 5.54. The summed E-state index contributed by atoms with van der Waals surface area (Å²) >= 11 is 0. The third kappa shape index (κ3) is 2.47. The van der Waals surface area contributed by atoms with Crippen molar-refractivity contribution in [2.45, 2.75) is 70.8 Å². The van der Waals surface area contributed by atoms with Gasteiger partial charge in [-0.15, -0.1) is 0 Å². The van der Waals surface area contributed by atoms with E-state index >= 15 is 0 Å². The van der Waals surface area contributed by atoms with E-state index in [1.54, 1.807) is 0 Å². The van der Waals surface area contributed by atoms with Gasteiger partial charge in [0.25, 0.3) is 11.6 Å². The summed E-state index contributed by atoms with van der Waals surface area (Å²) in [6.45, 7) is 6.04. The summed E-state index contributed by atoms with van der Waals surface area (Å²) < 4.78 is 5.38. The van der Waals surface area contributed by atoms with Crippen LogP contribution in [0.3, 0.4) is 0 Å². The van der Waals surface area contributed by atoms with Crippen LogP contribution in [-0.2, 0) is 0 Å². The van der Waals surface area contributed by atoms with E-state index in [4.69, 9.17) is 4.52 Å². The maximum atomic E-state index is 13.4. The lowest BCUT2D eigenvalue weighted by molar-refractivity contribution is -0.0166. The predicted molar refractivity (Wildman–Crippen MR) is 99.0 cm³/mol. The zero-order valence-corrected chi connectivity index (χ0v) is 15.8. The van der Waals surface area contributed by atoms with Crippen LogP contribution in [0.5, 0.6) is 0 Å².